The van der Waals surface area contributed by atoms with E-state index in [1.807, 2.05) is 67.6 Å². The standard InChI is InChI=1S/C29H29ClN2O3S/c1-20(18-29(33)35-3)32(19-21-8-4-7-11-26(21)30)28-17-16-27(24-9-5-6-10-25(24)28)31-36-23-14-12-22(34-2)13-15-23/h4-17,20,31H,18-19H2,1-3H3. The number of benzene rings is 4. The molecule has 0 heterocycles. The maximum Gasteiger partial charge on any atom is 0.307 e. The number of esters is 1. The molecule has 0 aliphatic carbocycles. The molecule has 186 valence electrons. The summed E-state index contributed by atoms with van der Waals surface area (Å²) in [5.74, 6) is 0.582. The van der Waals surface area contributed by atoms with E-state index in [4.69, 9.17) is 21.1 Å². The number of fused-ring (bicyclic) bond motifs is 1. The first-order chi connectivity index (χ1) is 17.5. The van der Waals surface area contributed by atoms with Crippen molar-refractivity contribution in [3.8, 4) is 5.75 Å². The van der Waals surface area contributed by atoms with E-state index in [-0.39, 0.29) is 18.4 Å². The first-order valence-corrected chi connectivity index (χ1v) is 12.8. The molecule has 0 aliphatic rings. The first kappa shape index (κ1) is 25.7. The average molecular weight is 521 g/mol. The zero-order valence-corrected chi connectivity index (χ0v) is 22.1. The van der Waals surface area contributed by atoms with E-state index in [0.29, 0.717) is 11.6 Å². The summed E-state index contributed by atoms with van der Waals surface area (Å²) in [6.45, 7) is 2.60. The van der Waals surface area contributed by atoms with Gasteiger partial charge in [0.1, 0.15) is 5.75 Å². The molecule has 7 heteroatoms. The third-order valence-electron chi connectivity index (χ3n) is 6.07. The van der Waals surface area contributed by atoms with Gasteiger partial charge in [0.2, 0.25) is 0 Å². The van der Waals surface area contributed by atoms with E-state index in [0.717, 1.165) is 38.4 Å². The Morgan fingerprint density at radius 3 is 2.33 bits per heavy atom. The molecule has 0 spiro atoms. The Morgan fingerprint density at radius 1 is 0.944 bits per heavy atom. The summed E-state index contributed by atoms with van der Waals surface area (Å²) in [6, 6.07) is 28.1. The van der Waals surface area contributed by atoms with Crippen LogP contribution in [0.5, 0.6) is 5.75 Å². The van der Waals surface area contributed by atoms with Crippen LogP contribution in [0.25, 0.3) is 10.8 Å². The van der Waals surface area contributed by atoms with Gasteiger partial charge >= 0.3 is 5.97 Å². The molecule has 0 aliphatic heterocycles. The molecule has 0 saturated heterocycles. The second kappa shape index (κ2) is 12.1. The molecular weight excluding hydrogens is 492 g/mol. The van der Waals surface area contributed by atoms with Crippen LogP contribution in [0.2, 0.25) is 5.02 Å². The lowest BCUT2D eigenvalue weighted by Crippen LogP contribution is -2.35. The highest BCUT2D eigenvalue weighted by Crippen LogP contribution is 2.37. The van der Waals surface area contributed by atoms with Gasteiger partial charge < -0.3 is 19.1 Å². The molecule has 0 aromatic heterocycles. The van der Waals surface area contributed by atoms with Crippen LogP contribution in [0.3, 0.4) is 0 Å². The van der Waals surface area contributed by atoms with Crippen molar-refractivity contribution in [2.24, 2.45) is 0 Å². The van der Waals surface area contributed by atoms with Gasteiger partial charge in [-0.15, -0.1) is 0 Å². The van der Waals surface area contributed by atoms with Crippen LogP contribution in [0, 0.1) is 0 Å². The summed E-state index contributed by atoms with van der Waals surface area (Å²) in [5, 5.41) is 2.87. The van der Waals surface area contributed by atoms with Crippen molar-refractivity contribution in [2.45, 2.75) is 30.8 Å². The average Bonchev–Trinajstić information content (AvgIpc) is 2.91. The number of nitrogens with one attached hydrogen (secondary N) is 1. The molecule has 5 nitrogen and oxygen atoms in total. The fourth-order valence-corrected chi connectivity index (χ4v) is 4.98. The van der Waals surface area contributed by atoms with Gasteiger partial charge in [0.15, 0.2) is 0 Å². The van der Waals surface area contributed by atoms with Crippen LogP contribution in [0.1, 0.15) is 18.9 Å². The Morgan fingerprint density at radius 2 is 1.64 bits per heavy atom. The van der Waals surface area contributed by atoms with Crippen LogP contribution in [-0.2, 0) is 16.1 Å². The maximum absolute atomic E-state index is 12.2. The number of hydrogen-bond donors (Lipinski definition) is 1. The Bertz CT molecular complexity index is 1330. The highest BCUT2D eigenvalue weighted by molar-refractivity contribution is 8.00. The van der Waals surface area contributed by atoms with Crippen LogP contribution in [0.4, 0.5) is 11.4 Å². The molecule has 0 amide bonds. The third kappa shape index (κ3) is 6.07. The second-order valence-electron chi connectivity index (χ2n) is 8.41. The Kier molecular flexibility index (Phi) is 8.62. The number of nitrogens with zero attached hydrogens (tertiary/aromatic N) is 1. The lowest BCUT2D eigenvalue weighted by molar-refractivity contribution is -0.140. The third-order valence-corrected chi connectivity index (χ3v) is 7.27. The van der Waals surface area contributed by atoms with E-state index < -0.39 is 0 Å². The predicted octanol–water partition coefficient (Wildman–Crippen LogP) is 7.58. The van der Waals surface area contributed by atoms with Gasteiger partial charge in [0, 0.05) is 39.0 Å². The predicted molar refractivity (Wildman–Crippen MR) is 150 cm³/mol. The molecule has 36 heavy (non-hydrogen) atoms. The Hall–Kier alpha value is -3.35. The highest BCUT2D eigenvalue weighted by atomic mass is 35.5. The van der Waals surface area contributed by atoms with Crippen LogP contribution in [-0.4, -0.2) is 26.2 Å². The van der Waals surface area contributed by atoms with Crippen molar-refractivity contribution >= 4 is 51.7 Å². The Balaban J connectivity index is 1.68. The quantitative estimate of drug-likeness (QED) is 0.172. The molecule has 1 N–H and O–H groups in total. The van der Waals surface area contributed by atoms with Crippen molar-refractivity contribution in [2.75, 3.05) is 23.8 Å². The number of carbonyl (C=O) groups excluding carboxylic acids is 1. The van der Waals surface area contributed by atoms with E-state index in [1.165, 1.54) is 7.11 Å². The van der Waals surface area contributed by atoms with Gasteiger partial charge in [-0.05, 0) is 66.9 Å². The van der Waals surface area contributed by atoms with E-state index >= 15 is 0 Å². The second-order valence-corrected chi connectivity index (χ2v) is 9.69. The molecule has 4 aromatic carbocycles. The number of carbonyl (C=O) groups is 1. The first-order valence-electron chi connectivity index (χ1n) is 11.7. The zero-order chi connectivity index (χ0) is 25.5. The number of anilines is 2. The molecule has 0 bridgehead atoms. The molecule has 4 aromatic rings. The van der Waals surface area contributed by atoms with Crippen molar-refractivity contribution in [3.05, 3.63) is 95.5 Å². The number of methoxy groups -OCH3 is 2. The van der Waals surface area contributed by atoms with Crippen LogP contribution >= 0.6 is 23.5 Å². The number of halogens is 1. The molecule has 0 fully saturated rings. The fraction of sp³-hybridized carbons (Fsp3) is 0.207. The minimum atomic E-state index is -0.245. The number of hydrogen-bond acceptors (Lipinski definition) is 6. The monoisotopic (exact) mass is 520 g/mol. The summed E-state index contributed by atoms with van der Waals surface area (Å²) < 4.78 is 13.7. The lowest BCUT2D eigenvalue weighted by Gasteiger charge is -2.32. The smallest absolute Gasteiger partial charge is 0.307 e. The van der Waals surface area contributed by atoms with Gasteiger partial charge in [0.25, 0.3) is 0 Å². The topological polar surface area (TPSA) is 50.8 Å². The van der Waals surface area contributed by atoms with Gasteiger partial charge in [-0.25, -0.2) is 0 Å². The molecule has 0 saturated carbocycles. The fourth-order valence-electron chi connectivity index (χ4n) is 4.10. The zero-order valence-electron chi connectivity index (χ0n) is 20.5. The molecule has 1 unspecified atom stereocenters. The van der Waals surface area contributed by atoms with Gasteiger partial charge in [-0.1, -0.05) is 54.1 Å². The van der Waals surface area contributed by atoms with Crippen molar-refractivity contribution < 1.29 is 14.3 Å². The minimum absolute atomic E-state index is 0.107. The summed E-state index contributed by atoms with van der Waals surface area (Å²) in [4.78, 5) is 15.5. The molecule has 0 radical (unpaired) electrons. The van der Waals surface area contributed by atoms with E-state index in [2.05, 4.69) is 33.9 Å². The van der Waals surface area contributed by atoms with Crippen LogP contribution in [0.15, 0.2) is 89.8 Å². The lowest BCUT2D eigenvalue weighted by atomic mass is 10.0. The van der Waals surface area contributed by atoms with Crippen molar-refractivity contribution in [1.29, 1.82) is 0 Å². The SMILES string of the molecule is COC(=O)CC(C)N(Cc1ccccc1Cl)c1ccc(NSc2ccc(OC)cc2)c2ccccc12. The number of rotatable bonds is 10. The summed E-state index contributed by atoms with van der Waals surface area (Å²) in [7, 11) is 3.08. The summed E-state index contributed by atoms with van der Waals surface area (Å²) in [5.41, 5.74) is 3.03. The Labute approximate surface area is 221 Å². The number of ether oxygens (including phenoxy) is 2. The normalized spacial score (nSPS) is 11.7. The molecular formula is C29H29ClN2O3S. The van der Waals surface area contributed by atoms with Crippen molar-refractivity contribution in [3.63, 3.8) is 0 Å². The van der Waals surface area contributed by atoms with E-state index in [9.17, 15) is 4.79 Å². The molecule has 4 rings (SSSR count). The molecule has 1 atom stereocenters. The summed E-state index contributed by atoms with van der Waals surface area (Å²) in [6.07, 6.45) is 0.266. The van der Waals surface area contributed by atoms with Gasteiger partial charge in [-0.2, -0.15) is 0 Å². The summed E-state index contributed by atoms with van der Waals surface area (Å²) >= 11 is 8.06. The van der Waals surface area contributed by atoms with Gasteiger partial charge in [-0.3, -0.25) is 4.79 Å². The van der Waals surface area contributed by atoms with Crippen molar-refractivity contribution in [1.82, 2.24) is 0 Å². The van der Waals surface area contributed by atoms with Crippen LogP contribution < -0.4 is 14.4 Å². The largest absolute Gasteiger partial charge is 0.497 e. The highest BCUT2D eigenvalue weighted by Gasteiger charge is 2.22. The minimum Gasteiger partial charge on any atom is -0.497 e. The maximum atomic E-state index is 12.2. The van der Waals surface area contributed by atoms with Gasteiger partial charge in [0.05, 0.1) is 26.3 Å². The van der Waals surface area contributed by atoms with E-state index in [1.54, 1.807) is 19.1 Å².